The van der Waals surface area contributed by atoms with Crippen molar-refractivity contribution in [2.24, 2.45) is 0 Å². The van der Waals surface area contributed by atoms with E-state index in [9.17, 15) is 14.9 Å². The van der Waals surface area contributed by atoms with Crippen molar-refractivity contribution in [2.45, 2.75) is 52.2 Å². The fraction of sp³-hybridized carbons (Fsp3) is 0.562. The lowest BCUT2D eigenvalue weighted by Crippen LogP contribution is -2.53. The summed E-state index contributed by atoms with van der Waals surface area (Å²) in [6.07, 6.45) is 0.195. The number of rotatable bonds is 7. The van der Waals surface area contributed by atoms with Gasteiger partial charge in [0.15, 0.2) is 0 Å². The zero-order valence-corrected chi connectivity index (χ0v) is 13.9. The van der Waals surface area contributed by atoms with E-state index in [1.54, 1.807) is 58.9 Å². The van der Waals surface area contributed by atoms with Crippen LogP contribution in [0.1, 0.15) is 40.2 Å². The summed E-state index contributed by atoms with van der Waals surface area (Å²) in [5.74, 6) is -0.282. The van der Waals surface area contributed by atoms with Gasteiger partial charge in [-0.15, -0.1) is 0 Å². The van der Waals surface area contributed by atoms with Crippen LogP contribution >= 0.6 is 0 Å². The Morgan fingerprint density at radius 1 is 1.18 bits per heavy atom. The molecule has 2 N–H and O–H groups in total. The molecule has 0 bridgehead atoms. The summed E-state index contributed by atoms with van der Waals surface area (Å²) in [6, 6.07) is 6.88. The van der Waals surface area contributed by atoms with Crippen LogP contribution in [0.2, 0.25) is 0 Å². The molecule has 0 aliphatic heterocycles. The number of hydrogen-bond donors (Lipinski definition) is 2. The Bertz CT molecular complexity index is 490. The maximum Gasteiger partial charge on any atom is 0.491 e. The fourth-order valence-corrected chi connectivity index (χ4v) is 1.67. The Kier molecular flexibility index (Phi) is 6.17. The molecule has 0 radical (unpaired) electrons. The van der Waals surface area contributed by atoms with E-state index < -0.39 is 18.3 Å². The first kappa shape index (κ1) is 18.7. The molecule has 6 heteroatoms. The minimum absolute atomic E-state index is 0.195. The normalized spacial score (nSPS) is 12.1. The SMILES string of the molecule is CCOC(=O)Cc1ccc(B(O)OC(C)(C)C(C)(C)O)cc1. The lowest BCUT2D eigenvalue weighted by atomic mass is 9.76. The Hall–Kier alpha value is -1.37. The van der Waals surface area contributed by atoms with Gasteiger partial charge in [0.05, 0.1) is 24.2 Å². The first-order valence-electron chi connectivity index (χ1n) is 7.39. The molecule has 1 aromatic carbocycles. The highest BCUT2D eigenvalue weighted by atomic mass is 16.5. The predicted octanol–water partition coefficient (Wildman–Crippen LogP) is 1.05. The van der Waals surface area contributed by atoms with Crippen molar-refractivity contribution in [3.8, 4) is 0 Å². The minimum Gasteiger partial charge on any atom is -0.466 e. The molecule has 1 rings (SSSR count). The Balaban J connectivity index is 2.72. The van der Waals surface area contributed by atoms with Crippen molar-refractivity contribution in [3.05, 3.63) is 29.8 Å². The van der Waals surface area contributed by atoms with Gasteiger partial charge in [0.25, 0.3) is 0 Å². The van der Waals surface area contributed by atoms with Crippen molar-refractivity contribution in [1.29, 1.82) is 0 Å². The van der Waals surface area contributed by atoms with Crippen LogP contribution in [-0.4, -0.2) is 41.0 Å². The van der Waals surface area contributed by atoms with Gasteiger partial charge in [0.2, 0.25) is 0 Å². The summed E-state index contributed by atoms with van der Waals surface area (Å²) in [7, 11) is -1.15. The largest absolute Gasteiger partial charge is 0.491 e. The van der Waals surface area contributed by atoms with Crippen LogP contribution in [0.3, 0.4) is 0 Å². The molecule has 0 aromatic heterocycles. The summed E-state index contributed by atoms with van der Waals surface area (Å²) in [5, 5.41) is 20.2. The van der Waals surface area contributed by atoms with E-state index in [2.05, 4.69) is 0 Å². The van der Waals surface area contributed by atoms with Crippen molar-refractivity contribution in [3.63, 3.8) is 0 Å². The van der Waals surface area contributed by atoms with Crippen LogP contribution in [0.15, 0.2) is 24.3 Å². The van der Waals surface area contributed by atoms with Gasteiger partial charge in [-0.2, -0.15) is 0 Å². The summed E-state index contributed by atoms with van der Waals surface area (Å²) in [5.41, 5.74) is -0.658. The van der Waals surface area contributed by atoms with Crippen molar-refractivity contribution in [2.75, 3.05) is 6.61 Å². The van der Waals surface area contributed by atoms with E-state index in [1.807, 2.05) is 0 Å². The van der Waals surface area contributed by atoms with Gasteiger partial charge in [-0.05, 0) is 45.6 Å². The molecule has 1 aromatic rings. The number of carbonyl (C=O) groups is 1. The number of carbonyl (C=O) groups excluding carboxylic acids is 1. The van der Waals surface area contributed by atoms with Crippen molar-refractivity contribution >= 4 is 18.6 Å². The number of esters is 1. The topological polar surface area (TPSA) is 76.0 Å². The van der Waals surface area contributed by atoms with E-state index in [0.717, 1.165) is 5.56 Å². The molecule has 0 heterocycles. The number of benzene rings is 1. The molecule has 122 valence electrons. The highest BCUT2D eigenvalue weighted by molar-refractivity contribution is 6.60. The molecule has 0 aliphatic carbocycles. The fourth-order valence-electron chi connectivity index (χ4n) is 1.67. The Labute approximate surface area is 132 Å². The summed E-state index contributed by atoms with van der Waals surface area (Å²) < 4.78 is 10.4. The third kappa shape index (κ3) is 5.12. The molecule has 0 saturated carbocycles. The average molecular weight is 308 g/mol. The highest BCUT2D eigenvalue weighted by Crippen LogP contribution is 2.25. The van der Waals surface area contributed by atoms with E-state index >= 15 is 0 Å². The molecule has 0 aliphatic rings. The monoisotopic (exact) mass is 308 g/mol. The van der Waals surface area contributed by atoms with Gasteiger partial charge in [0.1, 0.15) is 0 Å². The van der Waals surface area contributed by atoms with Gasteiger partial charge in [-0.25, -0.2) is 0 Å². The average Bonchev–Trinajstić information content (AvgIpc) is 2.37. The second-order valence-corrected chi connectivity index (χ2v) is 6.26. The first-order valence-corrected chi connectivity index (χ1v) is 7.39. The lowest BCUT2D eigenvalue weighted by Gasteiger charge is -2.38. The smallest absolute Gasteiger partial charge is 0.466 e. The third-order valence-corrected chi connectivity index (χ3v) is 3.80. The van der Waals surface area contributed by atoms with Gasteiger partial charge < -0.3 is 19.5 Å². The van der Waals surface area contributed by atoms with Crippen molar-refractivity contribution < 1.29 is 24.3 Å². The number of hydrogen-bond acceptors (Lipinski definition) is 5. The van der Waals surface area contributed by atoms with E-state index in [0.29, 0.717) is 12.1 Å². The van der Waals surface area contributed by atoms with E-state index in [1.165, 1.54) is 0 Å². The van der Waals surface area contributed by atoms with Gasteiger partial charge in [0, 0.05) is 0 Å². The van der Waals surface area contributed by atoms with Gasteiger partial charge >= 0.3 is 13.1 Å². The molecular weight excluding hydrogens is 283 g/mol. The molecule has 22 heavy (non-hydrogen) atoms. The minimum atomic E-state index is -1.15. The van der Waals surface area contributed by atoms with E-state index in [-0.39, 0.29) is 12.4 Å². The maximum atomic E-state index is 11.4. The molecule has 0 atom stereocenters. The lowest BCUT2D eigenvalue weighted by molar-refractivity contribution is -0.142. The molecule has 5 nitrogen and oxygen atoms in total. The second-order valence-electron chi connectivity index (χ2n) is 6.26. The summed E-state index contributed by atoms with van der Waals surface area (Å²) in [6.45, 7) is 8.80. The van der Waals surface area contributed by atoms with Crippen molar-refractivity contribution in [1.82, 2.24) is 0 Å². The summed E-state index contributed by atoms with van der Waals surface area (Å²) in [4.78, 5) is 11.4. The molecular formula is C16H25BO5. The molecule has 0 spiro atoms. The van der Waals surface area contributed by atoms with Crippen LogP contribution in [0.25, 0.3) is 0 Å². The Morgan fingerprint density at radius 2 is 1.73 bits per heavy atom. The zero-order valence-electron chi connectivity index (χ0n) is 13.9. The highest BCUT2D eigenvalue weighted by Gasteiger charge is 2.39. The second kappa shape index (κ2) is 7.27. The van der Waals surface area contributed by atoms with Gasteiger partial charge in [-0.1, -0.05) is 24.3 Å². The number of ether oxygens (including phenoxy) is 1. The van der Waals surface area contributed by atoms with Crippen LogP contribution < -0.4 is 5.46 Å². The quantitative estimate of drug-likeness (QED) is 0.581. The predicted molar refractivity (Wildman–Crippen MR) is 85.8 cm³/mol. The zero-order chi connectivity index (χ0) is 17.0. The number of aliphatic hydroxyl groups is 1. The molecule has 0 amide bonds. The van der Waals surface area contributed by atoms with E-state index in [4.69, 9.17) is 9.39 Å². The molecule has 0 unspecified atom stereocenters. The van der Waals surface area contributed by atoms with Crippen LogP contribution in [0.5, 0.6) is 0 Å². The van der Waals surface area contributed by atoms with Crippen LogP contribution in [0, 0.1) is 0 Å². The Morgan fingerprint density at radius 3 is 2.18 bits per heavy atom. The molecule has 0 saturated heterocycles. The summed E-state index contributed by atoms with van der Waals surface area (Å²) >= 11 is 0. The first-order chi connectivity index (χ1) is 10.1. The van der Waals surface area contributed by atoms with Crippen LogP contribution in [-0.2, 0) is 20.6 Å². The molecule has 0 fully saturated rings. The van der Waals surface area contributed by atoms with Crippen LogP contribution in [0.4, 0.5) is 0 Å². The third-order valence-electron chi connectivity index (χ3n) is 3.80. The standard InChI is InChI=1S/C16H25BO5/c1-6-21-14(18)11-12-7-9-13(10-8-12)17(20)22-16(4,5)15(2,3)19/h7-10,19-20H,6,11H2,1-5H3. The maximum absolute atomic E-state index is 11.4. The van der Waals surface area contributed by atoms with Gasteiger partial charge in [-0.3, -0.25) is 4.79 Å².